The van der Waals surface area contributed by atoms with E-state index in [9.17, 15) is 14.7 Å². The molecule has 8 heteroatoms. The second-order valence-electron chi connectivity index (χ2n) is 8.45. The van der Waals surface area contributed by atoms with E-state index in [1.165, 1.54) is 27.4 Å². The van der Waals surface area contributed by atoms with Crippen molar-refractivity contribution < 1.29 is 28.5 Å². The summed E-state index contributed by atoms with van der Waals surface area (Å²) in [4.78, 5) is 26.0. The molecule has 1 atom stereocenters. The third-order valence-corrected chi connectivity index (χ3v) is 5.80. The lowest BCUT2D eigenvalue weighted by Gasteiger charge is -2.22. The van der Waals surface area contributed by atoms with Crippen LogP contribution in [0.15, 0.2) is 51.7 Å². The third kappa shape index (κ3) is 5.59. The Morgan fingerprint density at radius 3 is 2.20 bits per heavy atom. The van der Waals surface area contributed by atoms with E-state index in [0.717, 1.165) is 5.56 Å². The van der Waals surface area contributed by atoms with Crippen molar-refractivity contribution in [1.82, 2.24) is 0 Å². The molecule has 1 heterocycles. The molecule has 0 saturated carbocycles. The van der Waals surface area contributed by atoms with Gasteiger partial charge in [0.1, 0.15) is 11.5 Å². The second-order valence-corrected chi connectivity index (χ2v) is 8.45. The topological polar surface area (TPSA) is 107 Å². The number of nitrogens with one attached hydrogen (secondary N) is 1. The summed E-state index contributed by atoms with van der Waals surface area (Å²) < 4.78 is 21.7. The van der Waals surface area contributed by atoms with Gasteiger partial charge < -0.3 is 29.1 Å². The number of rotatable bonds is 9. The minimum absolute atomic E-state index is 0.0496. The van der Waals surface area contributed by atoms with Gasteiger partial charge in [-0.1, -0.05) is 32.0 Å². The van der Waals surface area contributed by atoms with E-state index in [2.05, 4.69) is 19.2 Å². The predicted molar refractivity (Wildman–Crippen MR) is 133 cm³/mol. The van der Waals surface area contributed by atoms with Crippen LogP contribution in [-0.4, -0.2) is 32.3 Å². The lowest BCUT2D eigenvalue weighted by Crippen LogP contribution is -2.21. The number of ether oxygens (including phenoxy) is 3. The number of aromatic hydroxyl groups is 1. The van der Waals surface area contributed by atoms with Gasteiger partial charge in [0.2, 0.25) is 11.7 Å². The molecule has 0 aliphatic carbocycles. The lowest BCUT2D eigenvalue weighted by atomic mass is 9.87. The number of carbonyl (C=O) groups excluding carboxylic acids is 1. The fraction of sp³-hybridized carbons (Fsp3) is 0.333. The zero-order valence-corrected chi connectivity index (χ0v) is 20.8. The van der Waals surface area contributed by atoms with Crippen LogP contribution in [0.2, 0.25) is 0 Å². The van der Waals surface area contributed by atoms with Crippen molar-refractivity contribution in [3.63, 3.8) is 0 Å². The minimum Gasteiger partial charge on any atom is -0.507 e. The van der Waals surface area contributed by atoms with Crippen molar-refractivity contribution in [2.24, 2.45) is 0 Å². The van der Waals surface area contributed by atoms with Crippen LogP contribution in [0.5, 0.6) is 23.0 Å². The van der Waals surface area contributed by atoms with Crippen LogP contribution in [0.1, 0.15) is 54.6 Å². The summed E-state index contributed by atoms with van der Waals surface area (Å²) in [5.41, 5.74) is 1.45. The van der Waals surface area contributed by atoms with E-state index in [1.54, 1.807) is 19.1 Å². The van der Waals surface area contributed by atoms with E-state index in [-0.39, 0.29) is 35.2 Å². The molecule has 0 aliphatic rings. The van der Waals surface area contributed by atoms with Gasteiger partial charge in [-0.3, -0.25) is 4.79 Å². The third-order valence-electron chi connectivity index (χ3n) is 5.80. The number of aryl methyl sites for hydroxylation is 1. The van der Waals surface area contributed by atoms with E-state index < -0.39 is 11.5 Å². The zero-order chi connectivity index (χ0) is 25.7. The Balaban J connectivity index is 2.07. The molecule has 1 amide bonds. The van der Waals surface area contributed by atoms with Crippen LogP contribution in [-0.2, 0) is 4.79 Å². The summed E-state index contributed by atoms with van der Waals surface area (Å²) in [7, 11) is 4.41. The molecule has 1 aromatic heterocycles. The molecule has 0 spiro atoms. The number of carbonyl (C=O) groups is 1. The lowest BCUT2D eigenvalue weighted by molar-refractivity contribution is -0.116. The molecule has 0 unspecified atom stereocenters. The molecule has 3 aromatic rings. The molecule has 3 rings (SSSR count). The second kappa shape index (κ2) is 11.0. The van der Waals surface area contributed by atoms with Gasteiger partial charge in [0, 0.05) is 29.7 Å². The number of amides is 1. The molecule has 35 heavy (non-hydrogen) atoms. The van der Waals surface area contributed by atoms with E-state index in [0.29, 0.717) is 28.7 Å². The zero-order valence-electron chi connectivity index (χ0n) is 20.8. The van der Waals surface area contributed by atoms with E-state index in [1.807, 2.05) is 24.3 Å². The smallest absolute Gasteiger partial charge is 0.343 e. The van der Waals surface area contributed by atoms with Crippen LogP contribution in [0, 0.1) is 6.92 Å². The Hall–Kier alpha value is -3.94. The molecule has 186 valence electrons. The number of hydrogen-bond donors (Lipinski definition) is 2. The maximum Gasteiger partial charge on any atom is 0.343 e. The molecule has 2 aromatic carbocycles. The summed E-state index contributed by atoms with van der Waals surface area (Å²) in [6, 6.07) is 12.2. The van der Waals surface area contributed by atoms with Crippen LogP contribution in [0.4, 0.5) is 5.69 Å². The first-order valence-electron chi connectivity index (χ1n) is 11.2. The average molecular weight is 482 g/mol. The minimum atomic E-state index is -0.892. The Bertz CT molecular complexity index is 1250. The highest BCUT2D eigenvalue weighted by molar-refractivity contribution is 5.91. The van der Waals surface area contributed by atoms with Gasteiger partial charge in [-0.15, -0.1) is 0 Å². The first kappa shape index (κ1) is 25.7. The molecule has 0 radical (unpaired) electrons. The number of hydrogen-bond acceptors (Lipinski definition) is 7. The number of anilines is 1. The average Bonchev–Trinajstić information content (AvgIpc) is 2.82. The first-order valence-corrected chi connectivity index (χ1v) is 11.2. The van der Waals surface area contributed by atoms with Gasteiger partial charge >= 0.3 is 5.63 Å². The van der Waals surface area contributed by atoms with Crippen molar-refractivity contribution in [1.29, 1.82) is 0 Å². The van der Waals surface area contributed by atoms with Gasteiger partial charge in [0.05, 0.1) is 26.9 Å². The summed E-state index contributed by atoms with van der Waals surface area (Å²) in [5, 5.41) is 13.6. The normalized spacial score (nSPS) is 11.7. The van der Waals surface area contributed by atoms with Gasteiger partial charge in [-0.05, 0) is 36.6 Å². The number of benzene rings is 2. The van der Waals surface area contributed by atoms with Crippen LogP contribution < -0.4 is 25.2 Å². The Kier molecular flexibility index (Phi) is 8.06. The maximum absolute atomic E-state index is 13.1. The molecule has 2 N–H and O–H groups in total. The summed E-state index contributed by atoms with van der Waals surface area (Å²) in [6.07, 6.45) is -0.168. The largest absolute Gasteiger partial charge is 0.507 e. The monoisotopic (exact) mass is 481 g/mol. The van der Waals surface area contributed by atoms with Crippen molar-refractivity contribution >= 4 is 11.6 Å². The molecule has 8 nitrogen and oxygen atoms in total. The van der Waals surface area contributed by atoms with E-state index >= 15 is 0 Å². The molecule has 0 aliphatic heterocycles. The first-order chi connectivity index (χ1) is 16.7. The Morgan fingerprint density at radius 1 is 1.00 bits per heavy atom. The standard InChI is InChI=1S/C27H31NO7/c1-15(2)17-7-9-18(10-8-17)28-23(30)14-20(24-21(29)13-16(3)35-27(24)31)19-11-12-22(32-4)26(34-6)25(19)33-5/h7-13,15,20,29H,14H2,1-6H3,(H,28,30)/t20-/m1/s1. The molecular formula is C27H31NO7. The van der Waals surface area contributed by atoms with Crippen LogP contribution in [0.25, 0.3) is 0 Å². The SMILES string of the molecule is COc1ccc([C@@H](CC(=O)Nc2ccc(C(C)C)cc2)c2c(O)cc(C)oc2=O)c(OC)c1OC. The fourth-order valence-electron chi connectivity index (χ4n) is 4.04. The molecule has 0 bridgehead atoms. The van der Waals surface area contributed by atoms with Gasteiger partial charge in [-0.25, -0.2) is 4.79 Å². The van der Waals surface area contributed by atoms with E-state index in [4.69, 9.17) is 18.6 Å². The predicted octanol–water partition coefficient (Wildman–Crippen LogP) is 4.96. The van der Waals surface area contributed by atoms with Gasteiger partial charge in [-0.2, -0.15) is 0 Å². The van der Waals surface area contributed by atoms with Crippen LogP contribution >= 0.6 is 0 Å². The molecule has 0 saturated heterocycles. The highest BCUT2D eigenvalue weighted by atomic mass is 16.5. The van der Waals surface area contributed by atoms with Crippen molar-refractivity contribution in [2.75, 3.05) is 26.6 Å². The quantitative estimate of drug-likeness (QED) is 0.445. The maximum atomic E-state index is 13.1. The van der Waals surface area contributed by atoms with Gasteiger partial charge in [0.15, 0.2) is 11.5 Å². The Labute approximate surface area is 204 Å². The summed E-state index contributed by atoms with van der Waals surface area (Å²) in [5.74, 6) is 0.106. The molecular weight excluding hydrogens is 450 g/mol. The van der Waals surface area contributed by atoms with Crippen LogP contribution in [0.3, 0.4) is 0 Å². The Morgan fingerprint density at radius 2 is 1.66 bits per heavy atom. The van der Waals surface area contributed by atoms with Crippen molar-refractivity contribution in [3.05, 3.63) is 75.3 Å². The highest BCUT2D eigenvalue weighted by Gasteiger charge is 2.30. The summed E-state index contributed by atoms with van der Waals surface area (Å²) >= 11 is 0. The van der Waals surface area contributed by atoms with Gasteiger partial charge in [0.25, 0.3) is 0 Å². The fourth-order valence-corrected chi connectivity index (χ4v) is 4.04. The molecule has 0 fully saturated rings. The number of methoxy groups -OCH3 is 3. The van der Waals surface area contributed by atoms with Crippen molar-refractivity contribution in [3.8, 4) is 23.0 Å². The van der Waals surface area contributed by atoms with Crippen molar-refractivity contribution in [2.45, 2.75) is 39.0 Å². The highest BCUT2D eigenvalue weighted by Crippen LogP contribution is 2.46. The summed E-state index contributed by atoms with van der Waals surface area (Å²) in [6.45, 7) is 5.74.